The molecule has 0 unspecified atom stereocenters. The first-order valence-corrected chi connectivity index (χ1v) is 11.8. The van der Waals surface area contributed by atoms with Crippen LogP contribution in [0.1, 0.15) is 57.7 Å². The van der Waals surface area contributed by atoms with E-state index >= 15 is 0 Å². The van der Waals surface area contributed by atoms with Crippen molar-refractivity contribution in [2.24, 2.45) is 17.3 Å². The molecule has 0 radical (unpaired) electrons. The van der Waals surface area contributed by atoms with Gasteiger partial charge < -0.3 is 14.2 Å². The van der Waals surface area contributed by atoms with Gasteiger partial charge in [-0.15, -0.1) is 0 Å². The monoisotopic (exact) mass is 453 g/mol. The summed E-state index contributed by atoms with van der Waals surface area (Å²) in [6.07, 6.45) is 1.98. The van der Waals surface area contributed by atoms with Crippen molar-refractivity contribution in [1.82, 2.24) is 4.90 Å². The summed E-state index contributed by atoms with van der Waals surface area (Å²) in [7, 11) is 4.81. The number of ether oxygens (including phenoxy) is 3. The first kappa shape index (κ1) is 25.1. The largest absolute Gasteiger partial charge is 0.493 e. The molecule has 2 aromatic carbocycles. The molecule has 2 aromatic rings. The Balaban J connectivity index is 2.02. The highest BCUT2D eigenvalue weighted by Crippen LogP contribution is 2.48. The van der Waals surface area contributed by atoms with Crippen molar-refractivity contribution < 1.29 is 19.0 Å². The van der Waals surface area contributed by atoms with Crippen LogP contribution in [0, 0.1) is 17.3 Å². The molecule has 0 bridgehead atoms. The van der Waals surface area contributed by atoms with Gasteiger partial charge in [-0.1, -0.05) is 57.2 Å². The van der Waals surface area contributed by atoms with Crippen molar-refractivity contribution in [3.05, 3.63) is 59.7 Å². The van der Waals surface area contributed by atoms with E-state index in [0.717, 1.165) is 18.4 Å². The normalized spacial score (nSPS) is 21.6. The summed E-state index contributed by atoms with van der Waals surface area (Å²) in [6.45, 7) is 9.63. The Labute approximate surface area is 199 Å². The first-order chi connectivity index (χ1) is 15.7. The van der Waals surface area contributed by atoms with Gasteiger partial charge in [0, 0.05) is 18.6 Å². The lowest BCUT2D eigenvalue weighted by Gasteiger charge is -2.40. The molecule has 0 amide bonds. The van der Waals surface area contributed by atoms with Crippen LogP contribution in [0.5, 0.6) is 11.5 Å². The molecule has 33 heavy (non-hydrogen) atoms. The summed E-state index contributed by atoms with van der Waals surface area (Å²) in [5, 5.41) is 0. The van der Waals surface area contributed by atoms with Gasteiger partial charge in [0.15, 0.2) is 11.5 Å². The third kappa shape index (κ3) is 5.52. The van der Waals surface area contributed by atoms with Gasteiger partial charge in [0.25, 0.3) is 0 Å². The molecule has 3 rings (SSSR count). The minimum Gasteiger partial charge on any atom is -0.493 e. The van der Waals surface area contributed by atoms with Gasteiger partial charge in [0.05, 0.1) is 27.2 Å². The van der Waals surface area contributed by atoms with Crippen LogP contribution in [-0.2, 0) is 16.1 Å². The lowest BCUT2D eigenvalue weighted by molar-refractivity contribution is -0.151. The number of esters is 1. The standard InChI is InChI=1S/C28H39NO4/c1-19(21-11-9-8-10-12-21)29(18-20-13-16-24(31-5)25(17-20)32-6)23-15-14-22(28(2,3)4)26(23)27(30)33-7/h8-13,16-17,19,22-23,26H,14-15,18H2,1-7H3/t19-,22+,23+,26-/m1/s1. The third-order valence-electron chi connectivity index (χ3n) is 7.23. The van der Waals surface area contributed by atoms with E-state index in [1.54, 1.807) is 14.2 Å². The highest BCUT2D eigenvalue weighted by atomic mass is 16.5. The molecule has 0 aromatic heterocycles. The minimum atomic E-state index is -0.165. The van der Waals surface area contributed by atoms with Crippen LogP contribution in [0.3, 0.4) is 0 Å². The van der Waals surface area contributed by atoms with E-state index in [2.05, 4.69) is 62.9 Å². The average molecular weight is 454 g/mol. The second kappa shape index (κ2) is 10.6. The quantitative estimate of drug-likeness (QED) is 0.467. The van der Waals surface area contributed by atoms with E-state index < -0.39 is 0 Å². The lowest BCUT2D eigenvalue weighted by Crippen LogP contribution is -2.45. The van der Waals surface area contributed by atoms with Crippen molar-refractivity contribution in [2.75, 3.05) is 21.3 Å². The predicted molar refractivity (Wildman–Crippen MR) is 131 cm³/mol. The van der Waals surface area contributed by atoms with Crippen molar-refractivity contribution in [2.45, 2.75) is 59.2 Å². The molecule has 0 N–H and O–H groups in total. The van der Waals surface area contributed by atoms with E-state index in [0.29, 0.717) is 18.0 Å². The molecule has 1 fully saturated rings. The van der Waals surface area contributed by atoms with E-state index in [1.807, 2.05) is 18.2 Å². The fourth-order valence-electron chi connectivity index (χ4n) is 5.43. The molecule has 180 valence electrons. The molecule has 5 heteroatoms. The number of rotatable bonds is 8. The molecule has 1 saturated carbocycles. The number of hydrogen-bond acceptors (Lipinski definition) is 5. The highest BCUT2D eigenvalue weighted by Gasteiger charge is 2.49. The molecule has 4 atom stereocenters. The summed E-state index contributed by atoms with van der Waals surface area (Å²) in [4.78, 5) is 15.6. The zero-order valence-electron chi connectivity index (χ0n) is 21.1. The van der Waals surface area contributed by atoms with Gasteiger partial charge in [-0.25, -0.2) is 0 Å². The van der Waals surface area contributed by atoms with Crippen LogP contribution in [0.15, 0.2) is 48.5 Å². The summed E-state index contributed by atoms with van der Waals surface area (Å²) in [5.41, 5.74) is 2.39. The van der Waals surface area contributed by atoms with Crippen LogP contribution in [0.2, 0.25) is 0 Å². The summed E-state index contributed by atoms with van der Waals surface area (Å²) in [6, 6.07) is 16.8. The maximum Gasteiger partial charge on any atom is 0.310 e. The Morgan fingerprint density at radius 2 is 1.67 bits per heavy atom. The van der Waals surface area contributed by atoms with Gasteiger partial charge in [0.1, 0.15) is 0 Å². The molecular weight excluding hydrogens is 414 g/mol. The number of nitrogens with zero attached hydrogens (tertiary/aromatic N) is 1. The first-order valence-electron chi connectivity index (χ1n) is 11.8. The zero-order chi connectivity index (χ0) is 24.2. The van der Waals surface area contributed by atoms with Gasteiger partial charge in [-0.2, -0.15) is 0 Å². The van der Waals surface area contributed by atoms with Crippen molar-refractivity contribution in [3.63, 3.8) is 0 Å². The van der Waals surface area contributed by atoms with Crippen LogP contribution in [0.25, 0.3) is 0 Å². The number of carbonyl (C=O) groups is 1. The molecule has 0 heterocycles. The highest BCUT2D eigenvalue weighted by molar-refractivity contribution is 5.74. The Morgan fingerprint density at radius 3 is 2.24 bits per heavy atom. The predicted octanol–water partition coefficient (Wildman–Crippen LogP) is 5.88. The summed E-state index contributed by atoms with van der Waals surface area (Å²) in [5.74, 6) is 1.43. The number of carbonyl (C=O) groups excluding carboxylic acids is 1. The third-order valence-corrected chi connectivity index (χ3v) is 7.23. The van der Waals surface area contributed by atoms with Crippen molar-refractivity contribution >= 4 is 5.97 Å². The fraction of sp³-hybridized carbons (Fsp3) is 0.536. The number of benzene rings is 2. The van der Waals surface area contributed by atoms with Crippen molar-refractivity contribution in [1.29, 1.82) is 0 Å². The topological polar surface area (TPSA) is 48.0 Å². The number of methoxy groups -OCH3 is 3. The Hall–Kier alpha value is -2.53. The van der Waals surface area contributed by atoms with Gasteiger partial charge in [-0.3, -0.25) is 9.69 Å². The minimum absolute atomic E-state index is 0.0264. The SMILES string of the molecule is COC(=O)[C@H]1[C@@H](N(Cc2ccc(OC)c(OC)c2)[C@H](C)c2ccccc2)CC[C@@H]1C(C)(C)C. The van der Waals surface area contributed by atoms with Crippen LogP contribution in [-0.4, -0.2) is 38.2 Å². The maximum atomic E-state index is 13.1. The summed E-state index contributed by atoms with van der Waals surface area (Å²) >= 11 is 0. The average Bonchev–Trinajstić information content (AvgIpc) is 3.27. The van der Waals surface area contributed by atoms with Crippen LogP contribution >= 0.6 is 0 Å². The Kier molecular flexibility index (Phi) is 8.06. The fourth-order valence-corrected chi connectivity index (χ4v) is 5.43. The molecule has 5 nitrogen and oxygen atoms in total. The molecule has 1 aliphatic carbocycles. The maximum absolute atomic E-state index is 13.1. The molecule has 0 saturated heterocycles. The van der Waals surface area contributed by atoms with Gasteiger partial charge in [0.2, 0.25) is 0 Å². The van der Waals surface area contributed by atoms with E-state index in [1.165, 1.54) is 12.7 Å². The summed E-state index contributed by atoms with van der Waals surface area (Å²) < 4.78 is 16.3. The van der Waals surface area contributed by atoms with Crippen molar-refractivity contribution in [3.8, 4) is 11.5 Å². The molecule has 1 aliphatic rings. The van der Waals surface area contributed by atoms with Gasteiger partial charge >= 0.3 is 5.97 Å². The van der Waals surface area contributed by atoms with Crippen LogP contribution < -0.4 is 9.47 Å². The molecule has 0 aliphatic heterocycles. The number of hydrogen-bond donors (Lipinski definition) is 0. The second-order valence-corrected chi connectivity index (χ2v) is 10.1. The van der Waals surface area contributed by atoms with Crippen LogP contribution in [0.4, 0.5) is 0 Å². The lowest BCUT2D eigenvalue weighted by atomic mass is 9.74. The Bertz CT molecular complexity index is 921. The smallest absolute Gasteiger partial charge is 0.310 e. The second-order valence-electron chi connectivity index (χ2n) is 10.1. The Morgan fingerprint density at radius 1 is 1.00 bits per heavy atom. The van der Waals surface area contributed by atoms with Gasteiger partial charge in [-0.05, 0) is 54.4 Å². The zero-order valence-corrected chi connectivity index (χ0v) is 21.1. The van der Waals surface area contributed by atoms with E-state index in [4.69, 9.17) is 14.2 Å². The van der Waals surface area contributed by atoms with E-state index in [-0.39, 0.29) is 35.3 Å². The molecular formula is C28H39NO4. The molecule has 0 spiro atoms. The van der Waals surface area contributed by atoms with E-state index in [9.17, 15) is 4.79 Å².